The Morgan fingerprint density at radius 1 is 1.53 bits per heavy atom. The van der Waals surface area contributed by atoms with Crippen molar-refractivity contribution >= 4 is 17.6 Å². The number of benzene rings is 1. The van der Waals surface area contributed by atoms with Gasteiger partial charge >= 0.3 is 5.97 Å². The number of aromatic carboxylic acids is 1. The topological polar surface area (TPSA) is 46.5 Å². The fraction of sp³-hybridized carbons (Fsp3) is 0.364. The van der Waals surface area contributed by atoms with Gasteiger partial charge in [0, 0.05) is 5.88 Å². The molecule has 0 heterocycles. The van der Waals surface area contributed by atoms with Crippen LogP contribution in [-0.2, 0) is 0 Å². The van der Waals surface area contributed by atoms with E-state index in [1.54, 1.807) is 25.1 Å². The van der Waals surface area contributed by atoms with Gasteiger partial charge in [0.1, 0.15) is 5.75 Å². The van der Waals surface area contributed by atoms with Crippen molar-refractivity contribution in [2.75, 3.05) is 12.5 Å². The number of halogens is 1. The van der Waals surface area contributed by atoms with Gasteiger partial charge in [0.15, 0.2) is 0 Å². The second kappa shape index (κ2) is 5.61. The molecule has 1 aromatic carbocycles. The Bertz CT molecular complexity index is 350. The minimum atomic E-state index is -0.917. The quantitative estimate of drug-likeness (QED) is 0.623. The van der Waals surface area contributed by atoms with Crippen molar-refractivity contribution in [3.05, 3.63) is 29.3 Å². The van der Waals surface area contributed by atoms with Gasteiger partial charge in [-0.25, -0.2) is 4.79 Å². The molecule has 0 amide bonds. The fourth-order valence-corrected chi connectivity index (χ4v) is 1.32. The number of aryl methyl sites for hydroxylation is 1. The van der Waals surface area contributed by atoms with E-state index in [0.717, 1.165) is 6.42 Å². The first-order chi connectivity index (χ1) is 7.15. The first-order valence-electron chi connectivity index (χ1n) is 4.68. The van der Waals surface area contributed by atoms with Gasteiger partial charge < -0.3 is 9.84 Å². The third-order valence-corrected chi connectivity index (χ3v) is 2.24. The molecule has 3 nitrogen and oxygen atoms in total. The number of carbonyl (C=O) groups is 1. The minimum Gasteiger partial charge on any atom is -0.494 e. The Hall–Kier alpha value is -1.22. The molecule has 0 bridgehead atoms. The molecule has 0 aliphatic carbocycles. The lowest BCUT2D eigenvalue weighted by Crippen LogP contribution is -2.02. The molecule has 0 unspecified atom stereocenters. The zero-order valence-electron chi connectivity index (χ0n) is 8.50. The summed E-state index contributed by atoms with van der Waals surface area (Å²) in [5.74, 6) is 0.328. The summed E-state index contributed by atoms with van der Waals surface area (Å²) in [5.41, 5.74) is 1.01. The zero-order chi connectivity index (χ0) is 11.3. The Labute approximate surface area is 93.6 Å². The molecule has 1 aromatic rings. The van der Waals surface area contributed by atoms with Crippen molar-refractivity contribution in [2.24, 2.45) is 0 Å². The van der Waals surface area contributed by atoms with Gasteiger partial charge in [-0.3, -0.25) is 0 Å². The molecule has 0 radical (unpaired) electrons. The van der Waals surface area contributed by atoms with Gasteiger partial charge in [-0.2, -0.15) is 0 Å². The highest BCUT2D eigenvalue weighted by Crippen LogP contribution is 2.17. The predicted molar refractivity (Wildman–Crippen MR) is 59.0 cm³/mol. The second-order valence-corrected chi connectivity index (χ2v) is 3.55. The van der Waals surface area contributed by atoms with Gasteiger partial charge in [-0.15, -0.1) is 11.6 Å². The molecule has 0 saturated heterocycles. The number of hydrogen-bond acceptors (Lipinski definition) is 2. The summed E-state index contributed by atoms with van der Waals surface area (Å²) in [6, 6.07) is 4.93. The van der Waals surface area contributed by atoms with Crippen LogP contribution in [0.4, 0.5) is 0 Å². The Balaban J connectivity index is 2.69. The van der Waals surface area contributed by atoms with Crippen LogP contribution in [0.3, 0.4) is 0 Å². The SMILES string of the molecule is Cc1cc(OCCCCl)ccc1C(=O)O. The molecule has 0 aromatic heterocycles. The van der Waals surface area contributed by atoms with E-state index in [4.69, 9.17) is 21.4 Å². The van der Waals surface area contributed by atoms with E-state index in [1.807, 2.05) is 0 Å². The third-order valence-electron chi connectivity index (χ3n) is 1.97. The molecule has 0 fully saturated rings. The summed E-state index contributed by atoms with van der Waals surface area (Å²) in [5, 5.41) is 8.81. The van der Waals surface area contributed by atoms with E-state index >= 15 is 0 Å². The van der Waals surface area contributed by atoms with Crippen LogP contribution in [-0.4, -0.2) is 23.6 Å². The van der Waals surface area contributed by atoms with Crippen LogP contribution >= 0.6 is 11.6 Å². The standard InChI is InChI=1S/C11H13ClO3/c1-8-7-9(15-6-2-5-12)3-4-10(8)11(13)14/h3-4,7H,2,5-6H2,1H3,(H,13,14). The number of hydrogen-bond donors (Lipinski definition) is 1. The number of carboxylic acid groups (broad SMARTS) is 1. The summed E-state index contributed by atoms with van der Waals surface area (Å²) < 4.78 is 5.38. The summed E-state index contributed by atoms with van der Waals surface area (Å²) in [6.07, 6.45) is 0.779. The molecule has 0 aliphatic heterocycles. The van der Waals surface area contributed by atoms with E-state index in [-0.39, 0.29) is 0 Å². The van der Waals surface area contributed by atoms with E-state index in [1.165, 1.54) is 0 Å². The van der Waals surface area contributed by atoms with E-state index < -0.39 is 5.97 Å². The maximum atomic E-state index is 10.7. The Morgan fingerprint density at radius 2 is 2.27 bits per heavy atom. The average molecular weight is 229 g/mol. The van der Waals surface area contributed by atoms with Crippen LogP contribution in [0.1, 0.15) is 22.3 Å². The van der Waals surface area contributed by atoms with Gasteiger partial charge in [0.25, 0.3) is 0 Å². The lowest BCUT2D eigenvalue weighted by atomic mass is 10.1. The summed E-state index contributed by atoms with van der Waals surface area (Å²) in [4.78, 5) is 10.7. The van der Waals surface area contributed by atoms with E-state index in [0.29, 0.717) is 29.4 Å². The zero-order valence-corrected chi connectivity index (χ0v) is 9.25. The molecule has 0 atom stereocenters. The molecular weight excluding hydrogens is 216 g/mol. The average Bonchev–Trinajstić information content (AvgIpc) is 2.17. The number of rotatable bonds is 5. The third kappa shape index (κ3) is 3.44. The molecule has 0 saturated carbocycles. The van der Waals surface area contributed by atoms with Crippen molar-refractivity contribution in [3.63, 3.8) is 0 Å². The second-order valence-electron chi connectivity index (χ2n) is 3.17. The van der Waals surface area contributed by atoms with Crippen LogP contribution < -0.4 is 4.74 Å². The summed E-state index contributed by atoms with van der Waals surface area (Å²) in [6.45, 7) is 2.30. The van der Waals surface area contributed by atoms with Crippen LogP contribution in [0.2, 0.25) is 0 Å². The molecule has 0 spiro atoms. The minimum absolute atomic E-state index is 0.305. The first kappa shape index (κ1) is 11.9. The monoisotopic (exact) mass is 228 g/mol. The summed E-state index contributed by atoms with van der Waals surface area (Å²) in [7, 11) is 0. The van der Waals surface area contributed by atoms with Crippen molar-refractivity contribution in [1.82, 2.24) is 0 Å². The van der Waals surface area contributed by atoms with Crippen molar-refractivity contribution in [2.45, 2.75) is 13.3 Å². The van der Waals surface area contributed by atoms with Crippen LogP contribution in [0.15, 0.2) is 18.2 Å². The Morgan fingerprint density at radius 3 is 2.80 bits per heavy atom. The molecule has 4 heteroatoms. The highest BCUT2D eigenvalue weighted by Gasteiger charge is 2.07. The van der Waals surface area contributed by atoms with Gasteiger partial charge in [0.2, 0.25) is 0 Å². The van der Waals surface area contributed by atoms with E-state index in [2.05, 4.69) is 0 Å². The molecule has 1 rings (SSSR count). The molecule has 82 valence electrons. The highest BCUT2D eigenvalue weighted by atomic mass is 35.5. The molecular formula is C11H13ClO3. The molecule has 15 heavy (non-hydrogen) atoms. The molecule has 1 N–H and O–H groups in total. The van der Waals surface area contributed by atoms with Crippen LogP contribution in [0, 0.1) is 6.92 Å². The highest BCUT2D eigenvalue weighted by molar-refractivity contribution is 6.17. The van der Waals surface area contributed by atoms with Crippen molar-refractivity contribution in [3.8, 4) is 5.75 Å². The Kier molecular flexibility index (Phi) is 4.43. The van der Waals surface area contributed by atoms with Gasteiger partial charge in [-0.1, -0.05) is 0 Å². The maximum absolute atomic E-state index is 10.7. The first-order valence-corrected chi connectivity index (χ1v) is 5.21. The van der Waals surface area contributed by atoms with E-state index in [9.17, 15) is 4.79 Å². The maximum Gasteiger partial charge on any atom is 0.335 e. The van der Waals surface area contributed by atoms with Crippen molar-refractivity contribution < 1.29 is 14.6 Å². The smallest absolute Gasteiger partial charge is 0.335 e. The lowest BCUT2D eigenvalue weighted by Gasteiger charge is -2.07. The van der Waals surface area contributed by atoms with Crippen molar-refractivity contribution in [1.29, 1.82) is 0 Å². The fourth-order valence-electron chi connectivity index (χ4n) is 1.21. The predicted octanol–water partition coefficient (Wildman–Crippen LogP) is 2.70. The number of carboxylic acids is 1. The largest absolute Gasteiger partial charge is 0.494 e. The number of alkyl halides is 1. The van der Waals surface area contributed by atoms with Gasteiger partial charge in [0.05, 0.1) is 12.2 Å². The normalized spacial score (nSPS) is 10.0. The number of ether oxygens (including phenoxy) is 1. The van der Waals surface area contributed by atoms with Gasteiger partial charge in [-0.05, 0) is 37.1 Å². The lowest BCUT2D eigenvalue weighted by molar-refractivity contribution is 0.0696. The summed E-state index contributed by atoms with van der Waals surface area (Å²) >= 11 is 5.51. The van der Waals surface area contributed by atoms with Crippen LogP contribution in [0.5, 0.6) is 5.75 Å². The molecule has 0 aliphatic rings. The van der Waals surface area contributed by atoms with Crippen LogP contribution in [0.25, 0.3) is 0 Å².